The van der Waals surface area contributed by atoms with Gasteiger partial charge in [0.2, 0.25) is 5.82 Å². The first-order chi connectivity index (χ1) is 22.6. The Hall–Kier alpha value is -4.36. The first-order valence-electron chi connectivity index (χ1n) is 16.7. The molecule has 6 heterocycles. The third-order valence-electron chi connectivity index (χ3n) is 10.2. The zero-order valence-corrected chi connectivity index (χ0v) is 27.0. The molecular weight excluding hydrogens is 598 g/mol. The number of fused-ring (bicyclic) bond motifs is 5. The molecule has 10 heteroatoms. The standard InChI is InChI=1S/C37H38F2N6O2/c1-36(2,3)47-35(46)45-24-12-13-25(45)22-43(21-24)34-27-20-40-32(26-10-4-8-23-9-5-11-28(38)30(23)26)31(39)33(27)41-29(42-34)14-17-37-15-6-18-44(37)19-7-16-37/h4-5,8-11,20,24-25H,6-7,12-13,15-16,18-19,21-22H2,1-3H3/t24-,25+. The van der Waals surface area contributed by atoms with Gasteiger partial charge in [0.15, 0.2) is 5.82 Å². The van der Waals surface area contributed by atoms with Crippen molar-refractivity contribution in [2.24, 2.45) is 0 Å². The summed E-state index contributed by atoms with van der Waals surface area (Å²) < 4.78 is 37.6. The fourth-order valence-electron chi connectivity index (χ4n) is 8.19. The molecular formula is C37H38F2N6O2. The van der Waals surface area contributed by atoms with Crippen molar-refractivity contribution < 1.29 is 18.3 Å². The van der Waals surface area contributed by atoms with Crippen LogP contribution in [0.4, 0.5) is 19.4 Å². The van der Waals surface area contributed by atoms with E-state index in [9.17, 15) is 4.79 Å². The summed E-state index contributed by atoms with van der Waals surface area (Å²) in [5, 5.41) is 1.43. The molecule has 4 saturated heterocycles. The SMILES string of the molecule is CC(C)(C)OC(=O)N1[C@@H]2CC[C@H]1CN(c1nc(C#CC34CCCN3CCC4)nc3c(F)c(-c4cccc5cccc(F)c45)ncc13)C2. The number of ether oxygens (including phenoxy) is 1. The third kappa shape index (κ3) is 5.16. The number of rotatable bonds is 2. The molecule has 47 heavy (non-hydrogen) atoms. The first kappa shape index (κ1) is 30.0. The minimum Gasteiger partial charge on any atom is -0.444 e. The lowest BCUT2D eigenvalue weighted by Gasteiger charge is -2.42. The molecule has 8 nitrogen and oxygen atoms in total. The number of hydrogen-bond donors (Lipinski definition) is 0. The Morgan fingerprint density at radius 1 is 1.00 bits per heavy atom. The number of pyridine rings is 1. The van der Waals surface area contributed by atoms with Crippen LogP contribution >= 0.6 is 0 Å². The topological polar surface area (TPSA) is 74.7 Å². The summed E-state index contributed by atoms with van der Waals surface area (Å²) in [6, 6.07) is 9.95. The molecule has 2 bridgehead atoms. The molecule has 0 N–H and O–H groups in total. The molecule has 2 aromatic carbocycles. The van der Waals surface area contributed by atoms with E-state index < -0.39 is 17.2 Å². The fraction of sp³-hybridized carbons (Fsp3) is 0.459. The summed E-state index contributed by atoms with van der Waals surface area (Å²) in [6.07, 6.45) is 7.20. The molecule has 0 unspecified atom stereocenters. The van der Waals surface area contributed by atoms with Crippen molar-refractivity contribution in [1.82, 2.24) is 24.8 Å². The Labute approximate surface area is 273 Å². The van der Waals surface area contributed by atoms with E-state index in [0.29, 0.717) is 40.6 Å². The lowest BCUT2D eigenvalue weighted by Crippen LogP contribution is -2.57. The highest BCUT2D eigenvalue weighted by molar-refractivity contribution is 5.99. The molecule has 0 saturated carbocycles. The molecule has 4 aliphatic rings. The predicted molar refractivity (Wildman–Crippen MR) is 177 cm³/mol. The molecule has 0 aliphatic carbocycles. The number of carbonyl (C=O) groups excluding carboxylic acids is 1. The highest BCUT2D eigenvalue weighted by atomic mass is 19.1. The highest BCUT2D eigenvalue weighted by Gasteiger charge is 2.45. The number of hydrogen-bond acceptors (Lipinski definition) is 7. The van der Waals surface area contributed by atoms with E-state index in [1.54, 1.807) is 36.5 Å². The van der Waals surface area contributed by atoms with Gasteiger partial charge in [-0.15, -0.1) is 0 Å². The van der Waals surface area contributed by atoms with Crippen LogP contribution < -0.4 is 4.90 Å². The van der Waals surface area contributed by atoms with Crippen LogP contribution in [0, 0.1) is 23.5 Å². The van der Waals surface area contributed by atoms with Crippen LogP contribution in [0.15, 0.2) is 42.6 Å². The number of anilines is 1. The summed E-state index contributed by atoms with van der Waals surface area (Å²) in [7, 11) is 0. The molecule has 0 radical (unpaired) electrons. The van der Waals surface area contributed by atoms with Crippen LogP contribution in [-0.2, 0) is 4.74 Å². The molecule has 1 amide bonds. The predicted octanol–water partition coefficient (Wildman–Crippen LogP) is 6.69. The lowest BCUT2D eigenvalue weighted by molar-refractivity contribution is 0.0123. The van der Waals surface area contributed by atoms with Gasteiger partial charge in [0, 0.05) is 30.2 Å². The van der Waals surface area contributed by atoms with Crippen molar-refractivity contribution in [3.63, 3.8) is 0 Å². The number of amides is 1. The van der Waals surface area contributed by atoms with Crippen molar-refractivity contribution in [3.05, 3.63) is 60.1 Å². The maximum Gasteiger partial charge on any atom is 0.410 e. The van der Waals surface area contributed by atoms with Crippen LogP contribution in [-0.4, -0.2) is 80.2 Å². The van der Waals surface area contributed by atoms with Crippen molar-refractivity contribution in [2.45, 2.75) is 82.5 Å². The summed E-state index contributed by atoms with van der Waals surface area (Å²) in [4.78, 5) is 33.8. The average molecular weight is 637 g/mol. The number of aromatic nitrogens is 3. The van der Waals surface area contributed by atoms with Crippen LogP contribution in [0.2, 0.25) is 0 Å². The van der Waals surface area contributed by atoms with E-state index in [2.05, 4.69) is 26.6 Å². The normalized spacial score (nSPS) is 22.1. The Kier molecular flexibility index (Phi) is 7.10. The second-order valence-electron chi connectivity index (χ2n) is 14.4. The van der Waals surface area contributed by atoms with Gasteiger partial charge in [-0.1, -0.05) is 36.3 Å². The third-order valence-corrected chi connectivity index (χ3v) is 10.2. The van der Waals surface area contributed by atoms with E-state index in [1.807, 2.05) is 25.7 Å². The van der Waals surface area contributed by atoms with Crippen LogP contribution in [0.3, 0.4) is 0 Å². The Morgan fingerprint density at radius 2 is 1.70 bits per heavy atom. The maximum absolute atomic E-state index is 16.8. The van der Waals surface area contributed by atoms with Crippen molar-refractivity contribution in [3.8, 4) is 23.1 Å². The first-order valence-corrected chi connectivity index (χ1v) is 16.7. The lowest BCUT2D eigenvalue weighted by atomic mass is 9.95. The largest absolute Gasteiger partial charge is 0.444 e. The van der Waals surface area contributed by atoms with Gasteiger partial charge in [-0.3, -0.25) is 14.8 Å². The van der Waals surface area contributed by atoms with Gasteiger partial charge in [-0.25, -0.2) is 23.5 Å². The smallest absolute Gasteiger partial charge is 0.410 e. The molecule has 2 aromatic heterocycles. The van der Waals surface area contributed by atoms with Crippen LogP contribution in [0.5, 0.6) is 0 Å². The Bertz CT molecular complexity index is 1950. The minimum atomic E-state index is -0.637. The van der Waals surface area contributed by atoms with E-state index in [1.165, 1.54) is 6.07 Å². The van der Waals surface area contributed by atoms with Crippen LogP contribution in [0.25, 0.3) is 32.9 Å². The van der Waals surface area contributed by atoms with E-state index in [0.717, 1.165) is 51.6 Å². The number of benzene rings is 2. The van der Waals surface area contributed by atoms with E-state index in [-0.39, 0.29) is 40.8 Å². The maximum atomic E-state index is 16.8. The molecule has 0 spiro atoms. The Morgan fingerprint density at radius 3 is 2.40 bits per heavy atom. The van der Waals surface area contributed by atoms with E-state index >= 15 is 8.78 Å². The number of halogens is 2. The second kappa shape index (κ2) is 11.1. The zero-order chi connectivity index (χ0) is 32.5. The quantitative estimate of drug-likeness (QED) is 0.227. The molecule has 4 aliphatic heterocycles. The van der Waals surface area contributed by atoms with E-state index in [4.69, 9.17) is 14.7 Å². The molecule has 4 fully saturated rings. The zero-order valence-electron chi connectivity index (χ0n) is 27.0. The number of carbonyl (C=O) groups is 1. The molecule has 242 valence electrons. The summed E-state index contributed by atoms with van der Waals surface area (Å²) in [6.45, 7) is 8.72. The summed E-state index contributed by atoms with van der Waals surface area (Å²) in [5.41, 5.74) is -0.275. The van der Waals surface area contributed by atoms with Gasteiger partial charge >= 0.3 is 6.09 Å². The van der Waals surface area contributed by atoms with Gasteiger partial charge in [0.05, 0.1) is 23.0 Å². The summed E-state index contributed by atoms with van der Waals surface area (Å²) in [5.74, 6) is 6.50. The molecule has 4 aromatic rings. The van der Waals surface area contributed by atoms with Crippen molar-refractivity contribution >= 4 is 33.6 Å². The van der Waals surface area contributed by atoms with Gasteiger partial charge in [-0.05, 0) is 89.8 Å². The van der Waals surface area contributed by atoms with Gasteiger partial charge in [0.25, 0.3) is 0 Å². The minimum absolute atomic E-state index is 0.0305. The Balaban J connectivity index is 1.24. The highest BCUT2D eigenvalue weighted by Crippen LogP contribution is 2.40. The van der Waals surface area contributed by atoms with Crippen molar-refractivity contribution in [2.75, 3.05) is 31.1 Å². The fourth-order valence-corrected chi connectivity index (χ4v) is 8.19. The second-order valence-corrected chi connectivity index (χ2v) is 14.4. The monoisotopic (exact) mass is 636 g/mol. The van der Waals surface area contributed by atoms with Crippen molar-refractivity contribution in [1.29, 1.82) is 0 Å². The van der Waals surface area contributed by atoms with Gasteiger partial charge in [0.1, 0.15) is 28.4 Å². The molecule has 2 atom stereocenters. The summed E-state index contributed by atoms with van der Waals surface area (Å²) >= 11 is 0. The average Bonchev–Trinajstić information content (AvgIpc) is 3.70. The van der Waals surface area contributed by atoms with Gasteiger partial charge < -0.3 is 9.64 Å². The molecule has 8 rings (SSSR count). The number of nitrogens with zero attached hydrogens (tertiary/aromatic N) is 6. The number of piperazine rings is 1. The van der Waals surface area contributed by atoms with Crippen LogP contribution in [0.1, 0.15) is 65.1 Å². The van der Waals surface area contributed by atoms with Gasteiger partial charge in [-0.2, -0.15) is 0 Å².